The third-order valence-corrected chi connectivity index (χ3v) is 0.722. The molecule has 0 unspecified atom stereocenters. The van der Waals surface area contributed by atoms with Crippen LogP contribution in [0.15, 0.2) is 0 Å². The summed E-state index contributed by atoms with van der Waals surface area (Å²) in [4.78, 5) is 0. The molecule has 0 aromatic heterocycles. The number of halogens is 4. The van der Waals surface area contributed by atoms with Crippen molar-refractivity contribution in [2.45, 2.75) is 12.3 Å². The van der Waals surface area contributed by atoms with Crippen molar-refractivity contribution >= 4 is 0 Å². The first kappa shape index (κ1) is 9.01. The first-order chi connectivity index (χ1) is 4.50. The molecular formula is C4H4F4N2. The van der Waals surface area contributed by atoms with Crippen LogP contribution in [0.3, 0.4) is 0 Å². The third-order valence-electron chi connectivity index (χ3n) is 0.722. The highest BCUT2D eigenvalue weighted by Gasteiger charge is 2.40. The van der Waals surface area contributed by atoms with E-state index in [9.17, 15) is 17.6 Å². The van der Waals surface area contributed by atoms with E-state index in [1.807, 2.05) is 0 Å². The van der Waals surface area contributed by atoms with Gasteiger partial charge in [0.25, 0.3) is 0 Å². The first-order valence-corrected chi connectivity index (χ1v) is 2.28. The Morgan fingerprint density at radius 2 is 2.00 bits per heavy atom. The zero-order valence-electron chi connectivity index (χ0n) is 4.74. The molecule has 0 aromatic rings. The Kier molecular flexibility index (Phi) is 2.93. The highest BCUT2D eigenvalue weighted by Crippen LogP contribution is 2.20. The summed E-state index contributed by atoms with van der Waals surface area (Å²) in [5, 5.41) is 9.12. The summed E-state index contributed by atoms with van der Waals surface area (Å²) in [6.45, 7) is -1.32. The molecule has 0 aliphatic rings. The minimum Gasteiger partial charge on any atom is -0.318 e. The van der Waals surface area contributed by atoms with Gasteiger partial charge in [-0.1, -0.05) is 0 Å². The van der Waals surface area contributed by atoms with E-state index in [4.69, 9.17) is 5.26 Å². The molecule has 0 aliphatic carbocycles. The van der Waals surface area contributed by atoms with Crippen LogP contribution in [0.2, 0.25) is 0 Å². The predicted molar refractivity (Wildman–Crippen MR) is 24.6 cm³/mol. The second-order valence-electron chi connectivity index (χ2n) is 1.53. The molecule has 0 saturated carbocycles. The average Bonchev–Trinajstić information content (AvgIpc) is 1.84. The number of rotatable bonds is 3. The van der Waals surface area contributed by atoms with Crippen molar-refractivity contribution in [3.8, 4) is 6.19 Å². The molecule has 2 nitrogen and oxygen atoms in total. The minimum absolute atomic E-state index is 1.12. The van der Waals surface area contributed by atoms with Gasteiger partial charge in [0.15, 0.2) is 6.19 Å². The van der Waals surface area contributed by atoms with E-state index in [-0.39, 0.29) is 0 Å². The molecule has 0 rings (SSSR count). The molecule has 6 heteroatoms. The Hall–Kier alpha value is -0.990. The lowest BCUT2D eigenvalue weighted by Gasteiger charge is -2.12. The predicted octanol–water partition coefficient (Wildman–Crippen LogP) is 0.957. The second-order valence-corrected chi connectivity index (χ2v) is 1.53. The molecule has 0 fully saturated rings. The molecule has 0 spiro atoms. The van der Waals surface area contributed by atoms with E-state index >= 15 is 0 Å². The summed E-state index contributed by atoms with van der Waals surface area (Å²) in [7, 11) is 0. The highest BCUT2D eigenvalue weighted by molar-refractivity contribution is 4.77. The summed E-state index contributed by atoms with van der Waals surface area (Å²) in [5.41, 5.74) is 0. The van der Waals surface area contributed by atoms with Gasteiger partial charge in [-0.3, -0.25) is 0 Å². The molecule has 1 N–H and O–H groups in total. The minimum atomic E-state index is -4.12. The van der Waals surface area contributed by atoms with Crippen molar-refractivity contribution in [3.63, 3.8) is 0 Å². The summed E-state index contributed by atoms with van der Waals surface area (Å²) in [6.07, 6.45) is -2.61. The Balaban J connectivity index is 3.77. The molecular weight excluding hydrogens is 152 g/mol. The largest absolute Gasteiger partial charge is 0.324 e. The lowest BCUT2D eigenvalue weighted by atomic mass is 10.3. The maximum Gasteiger partial charge on any atom is 0.324 e. The molecule has 0 bridgehead atoms. The van der Waals surface area contributed by atoms with E-state index in [1.54, 1.807) is 0 Å². The Morgan fingerprint density at radius 1 is 1.50 bits per heavy atom. The van der Waals surface area contributed by atoms with Crippen molar-refractivity contribution in [1.29, 1.82) is 5.26 Å². The summed E-state index contributed by atoms with van der Waals surface area (Å²) < 4.78 is 46.0. The quantitative estimate of drug-likeness (QED) is 0.375. The third kappa shape index (κ3) is 2.53. The molecule has 0 amide bonds. The van der Waals surface area contributed by atoms with Crippen LogP contribution in [-0.2, 0) is 0 Å². The normalized spacial score (nSPS) is 11.2. The van der Waals surface area contributed by atoms with Gasteiger partial charge in [-0.2, -0.15) is 14.0 Å². The fourth-order valence-electron chi connectivity index (χ4n) is 0.235. The maximum absolute atomic E-state index is 11.8. The van der Waals surface area contributed by atoms with E-state index in [0.29, 0.717) is 0 Å². The van der Waals surface area contributed by atoms with Crippen LogP contribution >= 0.6 is 0 Å². The van der Waals surface area contributed by atoms with Crippen LogP contribution in [0, 0.1) is 11.5 Å². The molecule has 0 aliphatic heterocycles. The summed E-state index contributed by atoms with van der Waals surface area (Å²) >= 11 is 0. The van der Waals surface area contributed by atoms with Crippen molar-refractivity contribution in [2.75, 3.05) is 6.54 Å². The van der Waals surface area contributed by atoms with E-state index < -0.39 is 18.9 Å². The smallest absolute Gasteiger partial charge is 0.318 e. The monoisotopic (exact) mass is 156 g/mol. The number of nitrogens with one attached hydrogen (secondary N) is 1. The van der Waals surface area contributed by atoms with Gasteiger partial charge in [0.2, 0.25) is 0 Å². The molecule has 58 valence electrons. The molecule has 0 aromatic carbocycles. The van der Waals surface area contributed by atoms with Gasteiger partial charge < -0.3 is 5.32 Å². The molecule has 0 radical (unpaired) electrons. The average molecular weight is 156 g/mol. The second kappa shape index (κ2) is 3.25. The zero-order chi connectivity index (χ0) is 8.20. The number of nitrogens with zero attached hydrogens (tertiary/aromatic N) is 1. The van der Waals surface area contributed by atoms with E-state index in [2.05, 4.69) is 0 Å². The molecule has 10 heavy (non-hydrogen) atoms. The van der Waals surface area contributed by atoms with Crippen molar-refractivity contribution in [3.05, 3.63) is 0 Å². The van der Waals surface area contributed by atoms with Gasteiger partial charge in [-0.25, -0.2) is 8.78 Å². The zero-order valence-corrected chi connectivity index (χ0v) is 4.74. The molecule has 0 heterocycles. The van der Waals surface area contributed by atoms with Gasteiger partial charge in [-0.15, -0.1) is 0 Å². The number of hydrogen-bond acceptors (Lipinski definition) is 2. The number of nitriles is 1. The fraction of sp³-hybridized carbons (Fsp3) is 0.750. The van der Waals surface area contributed by atoms with E-state index in [1.165, 1.54) is 5.32 Å². The van der Waals surface area contributed by atoms with Gasteiger partial charge in [0, 0.05) is 0 Å². The SMILES string of the molecule is N#CNCC(F)(F)C(F)F. The van der Waals surface area contributed by atoms with Crippen molar-refractivity contribution in [2.24, 2.45) is 0 Å². The Bertz CT molecular complexity index is 139. The summed E-state index contributed by atoms with van der Waals surface area (Å²) in [6, 6.07) is 0. The molecule has 0 atom stereocenters. The van der Waals surface area contributed by atoms with Gasteiger partial charge >= 0.3 is 12.3 Å². The van der Waals surface area contributed by atoms with Crippen LogP contribution in [0.1, 0.15) is 0 Å². The Labute approximate surface area is 54.4 Å². The lowest BCUT2D eigenvalue weighted by molar-refractivity contribution is -0.123. The maximum atomic E-state index is 11.8. The van der Waals surface area contributed by atoms with Crippen LogP contribution < -0.4 is 5.32 Å². The van der Waals surface area contributed by atoms with Crippen LogP contribution in [0.4, 0.5) is 17.6 Å². The van der Waals surface area contributed by atoms with Crippen LogP contribution in [-0.4, -0.2) is 18.9 Å². The van der Waals surface area contributed by atoms with Gasteiger partial charge in [-0.05, 0) is 0 Å². The first-order valence-electron chi connectivity index (χ1n) is 2.28. The van der Waals surface area contributed by atoms with Crippen LogP contribution in [0.25, 0.3) is 0 Å². The highest BCUT2D eigenvalue weighted by atomic mass is 19.3. The molecule has 0 saturated heterocycles. The number of alkyl halides is 4. The van der Waals surface area contributed by atoms with Gasteiger partial charge in [0.05, 0.1) is 6.54 Å². The van der Waals surface area contributed by atoms with Crippen LogP contribution in [0.5, 0.6) is 0 Å². The standard InChI is InChI=1S/C4H4F4N2/c5-3(6)4(7,8)1-10-2-9/h3,10H,1H2. The number of hydrogen-bond donors (Lipinski definition) is 1. The Morgan fingerprint density at radius 3 is 2.30 bits per heavy atom. The topological polar surface area (TPSA) is 35.8 Å². The summed E-state index contributed by atoms with van der Waals surface area (Å²) in [5.74, 6) is -4.12. The van der Waals surface area contributed by atoms with Crippen molar-refractivity contribution < 1.29 is 17.6 Å². The van der Waals surface area contributed by atoms with Crippen molar-refractivity contribution in [1.82, 2.24) is 5.32 Å². The van der Waals surface area contributed by atoms with E-state index in [0.717, 1.165) is 6.19 Å². The fourth-order valence-corrected chi connectivity index (χ4v) is 0.235. The lowest BCUT2D eigenvalue weighted by Crippen LogP contribution is -2.36. The van der Waals surface area contributed by atoms with Gasteiger partial charge in [0.1, 0.15) is 0 Å².